The summed E-state index contributed by atoms with van der Waals surface area (Å²) in [5, 5.41) is 5.88. The molecule has 0 radical (unpaired) electrons. The standard InChI is InChI=1S/C12H16F3N3/c1-2-5-16-10-6-8(12(13,14)15)7-11(18-10)17-9-3-4-9/h6-7,9H,2-5H2,1H3,(H2,16,17,18). The van der Waals surface area contributed by atoms with Gasteiger partial charge in [-0.3, -0.25) is 0 Å². The van der Waals surface area contributed by atoms with Crippen molar-refractivity contribution in [2.24, 2.45) is 0 Å². The van der Waals surface area contributed by atoms with Gasteiger partial charge in [-0.15, -0.1) is 0 Å². The number of hydrogen-bond donors (Lipinski definition) is 2. The molecule has 100 valence electrons. The topological polar surface area (TPSA) is 37.0 Å². The van der Waals surface area contributed by atoms with Crippen LogP contribution in [0.5, 0.6) is 0 Å². The summed E-state index contributed by atoms with van der Waals surface area (Å²) in [5.74, 6) is 0.570. The van der Waals surface area contributed by atoms with Gasteiger partial charge in [0.2, 0.25) is 0 Å². The number of rotatable bonds is 5. The third-order valence-corrected chi connectivity index (χ3v) is 2.64. The summed E-state index contributed by atoms with van der Waals surface area (Å²) in [7, 11) is 0. The molecule has 2 N–H and O–H groups in total. The predicted octanol–water partition coefficient (Wildman–Crippen LogP) is 3.50. The Balaban J connectivity index is 2.22. The van der Waals surface area contributed by atoms with Crippen molar-refractivity contribution in [3.63, 3.8) is 0 Å². The van der Waals surface area contributed by atoms with E-state index in [-0.39, 0.29) is 11.9 Å². The fraction of sp³-hybridized carbons (Fsp3) is 0.583. The monoisotopic (exact) mass is 259 g/mol. The Morgan fingerprint density at radius 2 is 1.94 bits per heavy atom. The highest BCUT2D eigenvalue weighted by Crippen LogP contribution is 2.33. The summed E-state index contributed by atoms with van der Waals surface area (Å²) in [4.78, 5) is 4.14. The van der Waals surface area contributed by atoms with Crippen LogP contribution in [0.1, 0.15) is 31.7 Å². The van der Waals surface area contributed by atoms with Gasteiger partial charge in [0.1, 0.15) is 11.6 Å². The third kappa shape index (κ3) is 3.51. The van der Waals surface area contributed by atoms with Gasteiger partial charge in [0.25, 0.3) is 0 Å². The molecule has 0 aromatic carbocycles. The largest absolute Gasteiger partial charge is 0.416 e. The van der Waals surface area contributed by atoms with E-state index in [0.29, 0.717) is 12.4 Å². The van der Waals surface area contributed by atoms with Gasteiger partial charge in [-0.25, -0.2) is 4.98 Å². The molecule has 0 spiro atoms. The molecule has 1 aromatic rings. The molecule has 6 heteroatoms. The molecule has 0 atom stereocenters. The van der Waals surface area contributed by atoms with Crippen molar-refractivity contribution >= 4 is 11.6 Å². The van der Waals surface area contributed by atoms with Gasteiger partial charge >= 0.3 is 6.18 Å². The normalized spacial score (nSPS) is 15.6. The highest BCUT2D eigenvalue weighted by Gasteiger charge is 2.32. The first kappa shape index (κ1) is 13.0. The SMILES string of the molecule is CCCNc1cc(C(F)(F)F)cc(NC2CC2)n1. The number of hydrogen-bond acceptors (Lipinski definition) is 3. The van der Waals surface area contributed by atoms with Crippen LogP contribution in [-0.2, 0) is 6.18 Å². The van der Waals surface area contributed by atoms with Crippen molar-refractivity contribution < 1.29 is 13.2 Å². The van der Waals surface area contributed by atoms with Gasteiger partial charge in [0, 0.05) is 12.6 Å². The molecule has 18 heavy (non-hydrogen) atoms. The highest BCUT2D eigenvalue weighted by molar-refractivity contribution is 5.50. The number of halogens is 3. The average molecular weight is 259 g/mol. The quantitative estimate of drug-likeness (QED) is 0.849. The minimum absolute atomic E-state index is 0.273. The van der Waals surface area contributed by atoms with E-state index in [9.17, 15) is 13.2 Å². The molecule has 3 nitrogen and oxygen atoms in total. The Bertz CT molecular complexity index is 414. The average Bonchev–Trinajstić information content (AvgIpc) is 3.09. The van der Waals surface area contributed by atoms with Crippen molar-refractivity contribution in [3.05, 3.63) is 17.7 Å². The van der Waals surface area contributed by atoms with E-state index in [4.69, 9.17) is 0 Å². The molecule has 1 aliphatic rings. The molecule has 1 aliphatic carbocycles. The summed E-state index contributed by atoms with van der Waals surface area (Å²) in [6.07, 6.45) is -1.51. The first-order valence-electron chi connectivity index (χ1n) is 6.08. The molecule has 1 fully saturated rings. The number of pyridine rings is 1. The van der Waals surface area contributed by atoms with Crippen LogP contribution in [0.3, 0.4) is 0 Å². The number of nitrogens with one attached hydrogen (secondary N) is 2. The number of aromatic nitrogens is 1. The molecule has 2 rings (SSSR count). The van der Waals surface area contributed by atoms with Crippen LogP contribution >= 0.6 is 0 Å². The minimum Gasteiger partial charge on any atom is -0.370 e. The number of nitrogens with zero attached hydrogens (tertiary/aromatic N) is 1. The molecule has 0 amide bonds. The smallest absolute Gasteiger partial charge is 0.370 e. The zero-order chi connectivity index (χ0) is 13.2. The Morgan fingerprint density at radius 1 is 1.28 bits per heavy atom. The second kappa shape index (κ2) is 5.04. The van der Waals surface area contributed by atoms with Gasteiger partial charge in [0.05, 0.1) is 5.56 Å². The van der Waals surface area contributed by atoms with Crippen LogP contribution < -0.4 is 10.6 Å². The summed E-state index contributed by atoms with van der Waals surface area (Å²) >= 11 is 0. The molecule has 0 unspecified atom stereocenters. The first-order chi connectivity index (χ1) is 8.49. The van der Waals surface area contributed by atoms with Gasteiger partial charge in [-0.2, -0.15) is 13.2 Å². The second-order valence-electron chi connectivity index (χ2n) is 4.47. The summed E-state index contributed by atoms with van der Waals surface area (Å²) in [6, 6.07) is 2.39. The zero-order valence-corrected chi connectivity index (χ0v) is 10.1. The van der Waals surface area contributed by atoms with E-state index >= 15 is 0 Å². The zero-order valence-electron chi connectivity index (χ0n) is 10.1. The lowest BCUT2D eigenvalue weighted by Gasteiger charge is -2.13. The number of anilines is 2. The minimum atomic E-state index is -4.34. The Morgan fingerprint density at radius 3 is 2.50 bits per heavy atom. The lowest BCUT2D eigenvalue weighted by Crippen LogP contribution is -2.12. The van der Waals surface area contributed by atoms with Crippen LogP contribution in [0.15, 0.2) is 12.1 Å². The molecule has 0 saturated heterocycles. The summed E-state index contributed by atoms with van der Waals surface area (Å²) < 4.78 is 38.2. The Labute approximate surface area is 104 Å². The van der Waals surface area contributed by atoms with Gasteiger partial charge in [-0.05, 0) is 31.4 Å². The van der Waals surface area contributed by atoms with E-state index in [1.807, 2.05) is 6.92 Å². The van der Waals surface area contributed by atoms with E-state index in [1.54, 1.807) is 0 Å². The van der Waals surface area contributed by atoms with Crippen LogP contribution in [-0.4, -0.2) is 17.6 Å². The van der Waals surface area contributed by atoms with Gasteiger partial charge in [-0.1, -0.05) is 6.92 Å². The number of alkyl halides is 3. The second-order valence-corrected chi connectivity index (χ2v) is 4.47. The van der Waals surface area contributed by atoms with E-state index in [1.165, 1.54) is 0 Å². The highest BCUT2D eigenvalue weighted by atomic mass is 19.4. The predicted molar refractivity (Wildman–Crippen MR) is 64.7 cm³/mol. The Hall–Kier alpha value is -1.46. The fourth-order valence-electron chi connectivity index (χ4n) is 1.55. The lowest BCUT2D eigenvalue weighted by atomic mass is 10.2. The van der Waals surface area contributed by atoms with Crippen LogP contribution in [0.25, 0.3) is 0 Å². The molecule has 0 bridgehead atoms. The Kier molecular flexibility index (Phi) is 3.63. The lowest BCUT2D eigenvalue weighted by molar-refractivity contribution is -0.137. The molecule has 1 heterocycles. The van der Waals surface area contributed by atoms with Crippen LogP contribution in [0.4, 0.5) is 24.8 Å². The molecular formula is C12H16F3N3. The molecule has 1 saturated carbocycles. The van der Waals surface area contributed by atoms with Crippen LogP contribution in [0.2, 0.25) is 0 Å². The molecule has 1 aromatic heterocycles. The maximum absolute atomic E-state index is 12.7. The van der Waals surface area contributed by atoms with Crippen molar-refractivity contribution in [3.8, 4) is 0 Å². The summed E-state index contributed by atoms with van der Waals surface area (Å²) in [6.45, 7) is 2.56. The van der Waals surface area contributed by atoms with Crippen molar-refractivity contribution in [2.75, 3.05) is 17.2 Å². The maximum Gasteiger partial charge on any atom is 0.416 e. The molecular weight excluding hydrogens is 243 g/mol. The molecule has 0 aliphatic heterocycles. The van der Waals surface area contributed by atoms with Crippen molar-refractivity contribution in [1.29, 1.82) is 0 Å². The van der Waals surface area contributed by atoms with E-state index in [2.05, 4.69) is 15.6 Å². The maximum atomic E-state index is 12.7. The fourth-order valence-corrected chi connectivity index (χ4v) is 1.55. The first-order valence-corrected chi connectivity index (χ1v) is 6.08. The van der Waals surface area contributed by atoms with Crippen LogP contribution in [0, 0.1) is 0 Å². The van der Waals surface area contributed by atoms with Crippen molar-refractivity contribution in [2.45, 2.75) is 38.4 Å². The van der Waals surface area contributed by atoms with Gasteiger partial charge < -0.3 is 10.6 Å². The van der Waals surface area contributed by atoms with Gasteiger partial charge in [0.15, 0.2) is 0 Å². The van der Waals surface area contributed by atoms with E-state index < -0.39 is 11.7 Å². The summed E-state index contributed by atoms with van der Waals surface area (Å²) in [5.41, 5.74) is -0.667. The third-order valence-electron chi connectivity index (χ3n) is 2.64. The van der Waals surface area contributed by atoms with Crippen molar-refractivity contribution in [1.82, 2.24) is 4.98 Å². The van der Waals surface area contributed by atoms with E-state index in [0.717, 1.165) is 31.4 Å².